The van der Waals surface area contributed by atoms with Crippen molar-refractivity contribution in [2.75, 3.05) is 19.7 Å². The van der Waals surface area contributed by atoms with Crippen LogP contribution in [0, 0.1) is 5.92 Å². The molecule has 1 saturated carbocycles. The molecule has 0 spiro atoms. The monoisotopic (exact) mass is 288 g/mol. The lowest BCUT2D eigenvalue weighted by atomic mass is 10.1. The molecule has 1 amide bonds. The quantitative estimate of drug-likeness (QED) is 0.860. The van der Waals surface area contributed by atoms with Crippen molar-refractivity contribution in [3.8, 4) is 0 Å². The van der Waals surface area contributed by atoms with E-state index in [2.05, 4.69) is 10.2 Å². The second-order valence-corrected chi connectivity index (χ2v) is 5.64. The summed E-state index contributed by atoms with van der Waals surface area (Å²) in [4.78, 5) is 26.1. The molecule has 2 aliphatic rings. The fourth-order valence-electron chi connectivity index (χ4n) is 2.88. The molecule has 1 saturated heterocycles. The normalized spacial score (nSPS) is 22.7. The van der Waals surface area contributed by atoms with Gasteiger partial charge >= 0.3 is 5.69 Å². The molecule has 4 rings (SSSR count). The average Bonchev–Trinajstić information content (AvgIpc) is 3.31. The Labute approximate surface area is 120 Å². The van der Waals surface area contributed by atoms with Crippen molar-refractivity contribution < 1.29 is 9.53 Å². The Balaban J connectivity index is 1.64. The average molecular weight is 288 g/mol. The van der Waals surface area contributed by atoms with Crippen LogP contribution >= 0.6 is 0 Å². The van der Waals surface area contributed by atoms with Gasteiger partial charge in [-0.3, -0.25) is 4.79 Å². The molecule has 1 N–H and O–H groups in total. The van der Waals surface area contributed by atoms with Gasteiger partial charge in [-0.2, -0.15) is 5.10 Å². The first-order chi connectivity index (χ1) is 10.2. The van der Waals surface area contributed by atoms with Crippen molar-refractivity contribution in [3.63, 3.8) is 0 Å². The molecule has 110 valence electrons. The highest BCUT2D eigenvalue weighted by Crippen LogP contribution is 2.35. The number of ether oxygens (including phenoxy) is 1. The van der Waals surface area contributed by atoms with E-state index in [0.29, 0.717) is 36.8 Å². The van der Waals surface area contributed by atoms with Crippen molar-refractivity contribution >= 4 is 11.6 Å². The smallest absolute Gasteiger partial charge is 0.347 e. The van der Waals surface area contributed by atoms with Crippen LogP contribution in [0.3, 0.4) is 0 Å². The van der Waals surface area contributed by atoms with Gasteiger partial charge in [0.05, 0.1) is 18.3 Å². The third-order valence-electron chi connectivity index (χ3n) is 4.20. The third kappa shape index (κ3) is 2.13. The number of rotatable bonds is 2. The Hall–Kier alpha value is -2.15. The standard InChI is InChI=1S/C14H16N4O3/c19-13(17-6-7-21-11(8-17)9-3-4-9)10-2-1-5-18-12(10)15-16-14(18)20/h1-2,5,9,11H,3-4,6-8H2,(H,16,20). The van der Waals surface area contributed by atoms with Gasteiger partial charge in [0.1, 0.15) is 0 Å². The fraction of sp³-hybridized carbons (Fsp3) is 0.500. The van der Waals surface area contributed by atoms with E-state index in [1.165, 1.54) is 17.2 Å². The summed E-state index contributed by atoms with van der Waals surface area (Å²) < 4.78 is 7.09. The summed E-state index contributed by atoms with van der Waals surface area (Å²) in [5, 5.41) is 6.32. The summed E-state index contributed by atoms with van der Waals surface area (Å²) in [6, 6.07) is 3.40. The zero-order chi connectivity index (χ0) is 14.4. The molecule has 1 aliphatic heterocycles. The lowest BCUT2D eigenvalue weighted by Gasteiger charge is -2.33. The summed E-state index contributed by atoms with van der Waals surface area (Å²) in [5.41, 5.74) is 0.492. The van der Waals surface area contributed by atoms with Crippen molar-refractivity contribution in [1.29, 1.82) is 0 Å². The molecular weight excluding hydrogens is 272 g/mol. The van der Waals surface area contributed by atoms with E-state index in [-0.39, 0.29) is 17.7 Å². The number of carbonyl (C=O) groups excluding carboxylic acids is 1. The zero-order valence-electron chi connectivity index (χ0n) is 11.5. The number of morpholine rings is 1. The van der Waals surface area contributed by atoms with Gasteiger partial charge in [0.2, 0.25) is 0 Å². The molecular formula is C14H16N4O3. The van der Waals surface area contributed by atoms with E-state index in [1.807, 2.05) is 0 Å². The van der Waals surface area contributed by atoms with Gasteiger partial charge in [-0.25, -0.2) is 14.3 Å². The molecule has 0 aromatic carbocycles. The number of fused-ring (bicyclic) bond motifs is 1. The van der Waals surface area contributed by atoms with Gasteiger partial charge in [0.15, 0.2) is 5.65 Å². The molecule has 1 aliphatic carbocycles. The topological polar surface area (TPSA) is 79.7 Å². The number of carbonyl (C=O) groups is 1. The van der Waals surface area contributed by atoms with Crippen LogP contribution < -0.4 is 5.69 Å². The van der Waals surface area contributed by atoms with E-state index in [0.717, 1.165) is 0 Å². The molecule has 3 heterocycles. The Kier molecular flexibility index (Phi) is 2.81. The van der Waals surface area contributed by atoms with Gasteiger partial charge < -0.3 is 9.64 Å². The fourth-order valence-corrected chi connectivity index (χ4v) is 2.88. The maximum atomic E-state index is 12.7. The van der Waals surface area contributed by atoms with Crippen LogP contribution in [0.15, 0.2) is 23.1 Å². The summed E-state index contributed by atoms with van der Waals surface area (Å²) in [7, 11) is 0. The lowest BCUT2D eigenvalue weighted by Crippen LogP contribution is -2.46. The highest BCUT2D eigenvalue weighted by Gasteiger charge is 2.36. The van der Waals surface area contributed by atoms with Crippen LogP contribution in [0.5, 0.6) is 0 Å². The minimum atomic E-state index is -0.336. The van der Waals surface area contributed by atoms with Crippen LogP contribution in [0.2, 0.25) is 0 Å². The number of H-pyrrole nitrogens is 1. The number of amides is 1. The van der Waals surface area contributed by atoms with Crippen LogP contribution in [0.1, 0.15) is 23.2 Å². The number of hydrogen-bond donors (Lipinski definition) is 1. The van der Waals surface area contributed by atoms with Gasteiger partial charge in [-0.15, -0.1) is 0 Å². The molecule has 7 nitrogen and oxygen atoms in total. The molecule has 1 atom stereocenters. The largest absolute Gasteiger partial charge is 0.374 e. The number of nitrogens with zero attached hydrogens (tertiary/aromatic N) is 3. The first-order valence-corrected chi connectivity index (χ1v) is 7.20. The SMILES string of the molecule is O=C(c1cccn2c(=O)[nH]nc12)N1CCOC(C2CC2)C1. The minimum Gasteiger partial charge on any atom is -0.374 e. The van der Waals surface area contributed by atoms with Gasteiger partial charge in [0.25, 0.3) is 5.91 Å². The Morgan fingerprint density at radius 1 is 1.43 bits per heavy atom. The summed E-state index contributed by atoms with van der Waals surface area (Å²) in [6.07, 6.45) is 4.14. The number of pyridine rings is 1. The van der Waals surface area contributed by atoms with Crippen LogP contribution in [-0.4, -0.2) is 51.2 Å². The van der Waals surface area contributed by atoms with Crippen molar-refractivity contribution in [3.05, 3.63) is 34.4 Å². The lowest BCUT2D eigenvalue weighted by molar-refractivity contribution is -0.0313. The summed E-state index contributed by atoms with van der Waals surface area (Å²) >= 11 is 0. The molecule has 7 heteroatoms. The molecule has 0 bridgehead atoms. The molecule has 1 unspecified atom stereocenters. The predicted molar refractivity (Wildman–Crippen MR) is 74.2 cm³/mol. The molecule has 2 fully saturated rings. The summed E-state index contributed by atoms with van der Waals surface area (Å²) in [6.45, 7) is 1.78. The van der Waals surface area contributed by atoms with Gasteiger partial charge in [-0.05, 0) is 30.9 Å². The van der Waals surface area contributed by atoms with Crippen LogP contribution in [0.4, 0.5) is 0 Å². The minimum absolute atomic E-state index is 0.0893. The molecule has 2 aromatic rings. The highest BCUT2D eigenvalue weighted by molar-refractivity contribution is 5.99. The number of aromatic amines is 1. The van der Waals surface area contributed by atoms with Crippen molar-refractivity contribution in [2.45, 2.75) is 18.9 Å². The molecule has 21 heavy (non-hydrogen) atoms. The predicted octanol–water partition coefficient (Wildman–Crippen LogP) is 0.274. The van der Waals surface area contributed by atoms with Gasteiger partial charge in [-0.1, -0.05) is 0 Å². The van der Waals surface area contributed by atoms with Crippen LogP contribution in [0.25, 0.3) is 5.65 Å². The number of hydrogen-bond acceptors (Lipinski definition) is 4. The second kappa shape index (κ2) is 4.70. The van der Waals surface area contributed by atoms with E-state index < -0.39 is 0 Å². The Morgan fingerprint density at radius 3 is 3.10 bits per heavy atom. The maximum absolute atomic E-state index is 12.7. The van der Waals surface area contributed by atoms with E-state index >= 15 is 0 Å². The maximum Gasteiger partial charge on any atom is 0.347 e. The molecule has 2 aromatic heterocycles. The van der Waals surface area contributed by atoms with E-state index in [9.17, 15) is 9.59 Å². The second-order valence-electron chi connectivity index (χ2n) is 5.64. The van der Waals surface area contributed by atoms with Crippen molar-refractivity contribution in [2.24, 2.45) is 5.92 Å². The number of nitrogens with one attached hydrogen (secondary N) is 1. The first kappa shape index (κ1) is 12.6. The van der Waals surface area contributed by atoms with E-state index in [4.69, 9.17) is 4.74 Å². The molecule has 0 radical (unpaired) electrons. The third-order valence-corrected chi connectivity index (χ3v) is 4.20. The summed E-state index contributed by atoms with van der Waals surface area (Å²) in [5.74, 6) is 0.512. The number of aromatic nitrogens is 3. The zero-order valence-corrected chi connectivity index (χ0v) is 11.5. The highest BCUT2D eigenvalue weighted by atomic mass is 16.5. The Morgan fingerprint density at radius 2 is 2.29 bits per heavy atom. The van der Waals surface area contributed by atoms with Crippen molar-refractivity contribution in [1.82, 2.24) is 19.5 Å². The van der Waals surface area contributed by atoms with Gasteiger partial charge in [0, 0.05) is 19.3 Å². The Bertz CT molecular complexity index is 746. The van der Waals surface area contributed by atoms with E-state index in [1.54, 1.807) is 23.2 Å². The van der Waals surface area contributed by atoms with Crippen LogP contribution in [-0.2, 0) is 4.74 Å². The first-order valence-electron chi connectivity index (χ1n) is 7.20.